The second kappa shape index (κ2) is 7.34. The molecule has 0 aromatic rings. The predicted molar refractivity (Wildman–Crippen MR) is 31.2 cm³/mol. The fourth-order valence-corrected chi connectivity index (χ4v) is 0.406. The fraction of sp³-hybridized carbons (Fsp3) is 0. The van der Waals surface area contributed by atoms with Gasteiger partial charge in [0.2, 0.25) is 0 Å². The van der Waals surface area contributed by atoms with Gasteiger partial charge in [-0.2, -0.15) is 0 Å². The Morgan fingerprint density at radius 2 is 1.33 bits per heavy atom. The average molecular weight is 164 g/mol. The minimum absolute atomic E-state index is 1.69. The molecule has 1 rings (SSSR count). The van der Waals surface area contributed by atoms with Crippen LogP contribution in [0.3, 0.4) is 0 Å². The molecule has 0 atom stereocenters. The summed E-state index contributed by atoms with van der Waals surface area (Å²) in [5.74, 6) is 0. The Morgan fingerprint density at radius 3 is 1.78 bits per heavy atom. The molecule has 0 aromatic heterocycles. The van der Waals surface area contributed by atoms with Crippen molar-refractivity contribution in [2.24, 2.45) is 0 Å². The van der Waals surface area contributed by atoms with E-state index in [0.29, 0.717) is 0 Å². The van der Waals surface area contributed by atoms with Crippen LogP contribution >= 0.6 is 0 Å². The van der Waals surface area contributed by atoms with E-state index in [0.717, 1.165) is 0 Å². The van der Waals surface area contributed by atoms with Crippen LogP contribution in [0.5, 0.6) is 0 Å². The molecule has 0 radical (unpaired) electrons. The van der Waals surface area contributed by atoms with Gasteiger partial charge in [0.25, 0.3) is 0 Å². The van der Waals surface area contributed by atoms with Gasteiger partial charge in [-0.1, -0.05) is 12.2 Å². The van der Waals surface area contributed by atoms with Crippen molar-refractivity contribution < 1.29 is 19.8 Å². The maximum absolute atomic E-state index is 8.06. The van der Waals surface area contributed by atoms with Crippen molar-refractivity contribution in [3.63, 3.8) is 0 Å². The molecule has 0 unspecified atom stereocenters. The van der Waals surface area contributed by atoms with Crippen LogP contribution in [0.1, 0.15) is 0 Å². The summed E-state index contributed by atoms with van der Waals surface area (Å²) in [6.07, 6.45) is 11.6. The zero-order valence-corrected chi connectivity index (χ0v) is 5.93. The van der Waals surface area contributed by atoms with Crippen molar-refractivity contribution in [3.8, 4) is 0 Å². The molecule has 0 aromatic carbocycles. The van der Waals surface area contributed by atoms with E-state index < -0.39 is 0 Å². The first kappa shape index (κ1) is 8.34. The van der Waals surface area contributed by atoms with Crippen molar-refractivity contribution in [2.75, 3.05) is 0 Å². The summed E-state index contributed by atoms with van der Waals surface area (Å²) in [5.41, 5.74) is 0. The predicted octanol–water partition coefficient (Wildman–Crippen LogP) is 1.05. The van der Waals surface area contributed by atoms with Crippen LogP contribution in [0, 0.1) is 0 Å². The van der Waals surface area contributed by atoms with Crippen LogP contribution in [0.15, 0.2) is 36.7 Å². The monoisotopic (exact) mass is 164 g/mol. The Morgan fingerprint density at radius 1 is 0.889 bits per heavy atom. The van der Waals surface area contributed by atoms with Gasteiger partial charge >= 0.3 is 19.8 Å². The van der Waals surface area contributed by atoms with Gasteiger partial charge in [-0.25, -0.2) is 0 Å². The van der Waals surface area contributed by atoms with E-state index in [1.807, 2.05) is 36.7 Å². The van der Waals surface area contributed by atoms with Crippen LogP contribution in [0.2, 0.25) is 0 Å². The van der Waals surface area contributed by atoms with Gasteiger partial charge in [0.1, 0.15) is 0 Å². The molecule has 9 heavy (non-hydrogen) atoms. The molecule has 1 N–H and O–H groups in total. The van der Waals surface area contributed by atoms with Crippen molar-refractivity contribution in [3.05, 3.63) is 36.7 Å². The standard InChI is InChI=1S/C6H7N.Mn.O/c1-2-4-6-7-5-3-1;;/h1-7H;;. The molecule has 0 saturated heterocycles. The van der Waals surface area contributed by atoms with Gasteiger partial charge in [-0.05, 0) is 12.2 Å². The Labute approximate surface area is 62.4 Å². The third-order valence-electron chi connectivity index (χ3n) is 0.718. The summed E-state index contributed by atoms with van der Waals surface area (Å²) in [6.45, 7) is 0. The number of allylic oxidation sites excluding steroid dienone is 4. The molecule has 1 heterocycles. The molecular weight excluding hydrogens is 157 g/mol. The van der Waals surface area contributed by atoms with Gasteiger partial charge < -0.3 is 5.32 Å². The van der Waals surface area contributed by atoms with E-state index in [1.165, 1.54) is 0 Å². The van der Waals surface area contributed by atoms with E-state index >= 15 is 0 Å². The molecule has 0 spiro atoms. The summed E-state index contributed by atoms with van der Waals surface area (Å²) in [6, 6.07) is 0. The van der Waals surface area contributed by atoms with Gasteiger partial charge in [0.05, 0.1) is 0 Å². The normalized spacial score (nSPS) is 12.9. The van der Waals surface area contributed by atoms with Crippen LogP contribution in [0.4, 0.5) is 0 Å². The Balaban J connectivity index is 0.000000291. The first-order valence-electron chi connectivity index (χ1n) is 2.40. The molecule has 0 bridgehead atoms. The second-order valence-electron chi connectivity index (χ2n) is 1.27. The van der Waals surface area contributed by atoms with Crippen molar-refractivity contribution in [1.82, 2.24) is 5.32 Å². The van der Waals surface area contributed by atoms with E-state index in [2.05, 4.69) is 5.32 Å². The number of nitrogens with one attached hydrogen (secondary N) is 1. The van der Waals surface area contributed by atoms with Crippen molar-refractivity contribution >= 4 is 0 Å². The average Bonchev–Trinajstić information content (AvgIpc) is 2.21. The quantitative estimate of drug-likeness (QED) is 0.542. The van der Waals surface area contributed by atoms with E-state index in [1.54, 1.807) is 15.9 Å². The molecule has 2 nitrogen and oxygen atoms in total. The second-order valence-corrected chi connectivity index (χ2v) is 1.27. The fourth-order valence-electron chi connectivity index (χ4n) is 0.406. The number of hydrogen-bond donors (Lipinski definition) is 1. The molecule has 0 saturated carbocycles. The summed E-state index contributed by atoms with van der Waals surface area (Å²) < 4.78 is 8.06. The molecule has 0 aliphatic carbocycles. The van der Waals surface area contributed by atoms with E-state index in [-0.39, 0.29) is 0 Å². The third kappa shape index (κ3) is 5.21. The zero-order chi connectivity index (χ0) is 6.95. The van der Waals surface area contributed by atoms with Crippen molar-refractivity contribution in [2.45, 2.75) is 0 Å². The van der Waals surface area contributed by atoms with Crippen LogP contribution in [-0.2, 0) is 19.8 Å². The van der Waals surface area contributed by atoms with Gasteiger partial charge in [-0.15, -0.1) is 0 Å². The van der Waals surface area contributed by atoms with E-state index in [4.69, 9.17) is 3.83 Å². The molecule has 1 aliphatic rings. The van der Waals surface area contributed by atoms with Gasteiger partial charge in [0.15, 0.2) is 0 Å². The minimum atomic E-state index is 1.69. The zero-order valence-electron chi connectivity index (χ0n) is 4.75. The first-order valence-corrected chi connectivity index (χ1v) is 2.88. The topological polar surface area (TPSA) is 29.1 Å². The molecule has 49 valence electrons. The third-order valence-corrected chi connectivity index (χ3v) is 0.718. The summed E-state index contributed by atoms with van der Waals surface area (Å²) >= 11 is 1.69. The van der Waals surface area contributed by atoms with Gasteiger partial charge in [-0.3, -0.25) is 0 Å². The molecule has 0 fully saturated rings. The molecule has 3 heteroatoms. The summed E-state index contributed by atoms with van der Waals surface area (Å²) in [7, 11) is 0. The number of rotatable bonds is 0. The summed E-state index contributed by atoms with van der Waals surface area (Å²) in [4.78, 5) is 0. The van der Waals surface area contributed by atoms with Crippen LogP contribution in [0.25, 0.3) is 0 Å². The molecule has 0 amide bonds. The summed E-state index contributed by atoms with van der Waals surface area (Å²) in [5, 5.41) is 2.92. The Kier molecular flexibility index (Phi) is 6.80. The Hall–Kier alpha value is -0.661. The first-order chi connectivity index (χ1) is 4.50. The maximum atomic E-state index is 8.06. The van der Waals surface area contributed by atoms with Crippen molar-refractivity contribution in [1.29, 1.82) is 0 Å². The molecular formula is C6H7MnNO. The van der Waals surface area contributed by atoms with Crippen LogP contribution in [-0.4, -0.2) is 0 Å². The van der Waals surface area contributed by atoms with Crippen LogP contribution < -0.4 is 5.32 Å². The van der Waals surface area contributed by atoms with E-state index in [9.17, 15) is 0 Å². The Bertz CT molecular complexity index is 126. The van der Waals surface area contributed by atoms with Gasteiger partial charge in [0, 0.05) is 12.4 Å². The number of hydrogen-bond acceptors (Lipinski definition) is 2. The SMILES string of the molecule is C1=CC=CNC=C1.[O]=[Mn]. The molecule has 1 aliphatic heterocycles.